The molecule has 3 aliphatic rings. The molecule has 1 aromatic carbocycles. The molecule has 1 aliphatic carbocycles. The lowest BCUT2D eigenvalue weighted by atomic mass is 9.91. The molecule has 4 rings (SSSR count). The molecule has 1 saturated heterocycles. The summed E-state index contributed by atoms with van der Waals surface area (Å²) in [5.41, 5.74) is -0.671. The van der Waals surface area contributed by atoms with Gasteiger partial charge in [-0.2, -0.15) is 0 Å². The van der Waals surface area contributed by atoms with Crippen molar-refractivity contribution >= 4 is 17.8 Å². The average molecular weight is 359 g/mol. The number of urea groups is 1. The van der Waals surface area contributed by atoms with Crippen molar-refractivity contribution in [3.05, 3.63) is 23.8 Å². The van der Waals surface area contributed by atoms with Gasteiger partial charge in [0, 0.05) is 6.04 Å². The molecule has 2 N–H and O–H groups in total. The summed E-state index contributed by atoms with van der Waals surface area (Å²) < 4.78 is 10.6. The van der Waals surface area contributed by atoms with E-state index in [1.165, 1.54) is 0 Å². The van der Waals surface area contributed by atoms with Gasteiger partial charge in [-0.15, -0.1) is 0 Å². The van der Waals surface area contributed by atoms with Crippen LogP contribution in [0.4, 0.5) is 4.79 Å². The monoisotopic (exact) mass is 359 g/mol. The van der Waals surface area contributed by atoms with E-state index in [1.807, 2.05) is 6.92 Å². The first-order valence-corrected chi connectivity index (χ1v) is 8.72. The largest absolute Gasteiger partial charge is 0.454 e. The van der Waals surface area contributed by atoms with E-state index >= 15 is 0 Å². The minimum absolute atomic E-state index is 0.0588. The number of ether oxygens (including phenoxy) is 2. The van der Waals surface area contributed by atoms with Crippen LogP contribution in [0.1, 0.15) is 32.3 Å². The third-order valence-corrected chi connectivity index (χ3v) is 5.24. The molecule has 2 atom stereocenters. The lowest BCUT2D eigenvalue weighted by Gasteiger charge is -2.22. The second-order valence-corrected chi connectivity index (χ2v) is 7.21. The van der Waals surface area contributed by atoms with Gasteiger partial charge in [-0.25, -0.2) is 4.79 Å². The first-order valence-electron chi connectivity index (χ1n) is 8.72. The second-order valence-electron chi connectivity index (χ2n) is 7.21. The first-order chi connectivity index (χ1) is 12.4. The highest BCUT2D eigenvalue weighted by molar-refractivity contribution is 6.09. The summed E-state index contributed by atoms with van der Waals surface area (Å²) in [5.74, 6) is 0.832. The van der Waals surface area contributed by atoms with Crippen LogP contribution < -0.4 is 20.1 Å². The number of amides is 4. The van der Waals surface area contributed by atoms with Crippen molar-refractivity contribution in [1.29, 1.82) is 0 Å². The van der Waals surface area contributed by atoms with Gasteiger partial charge in [-0.05, 0) is 50.3 Å². The fourth-order valence-electron chi connectivity index (χ4n) is 3.40. The Morgan fingerprint density at radius 1 is 1.35 bits per heavy atom. The Morgan fingerprint density at radius 2 is 2.08 bits per heavy atom. The van der Waals surface area contributed by atoms with E-state index in [4.69, 9.17) is 9.47 Å². The van der Waals surface area contributed by atoms with Crippen LogP contribution in [0.3, 0.4) is 0 Å². The van der Waals surface area contributed by atoms with Gasteiger partial charge >= 0.3 is 6.03 Å². The average Bonchev–Trinajstić information content (AvgIpc) is 3.31. The summed E-state index contributed by atoms with van der Waals surface area (Å²) in [7, 11) is 0. The van der Waals surface area contributed by atoms with E-state index in [1.54, 1.807) is 25.1 Å². The van der Waals surface area contributed by atoms with Gasteiger partial charge in [-0.3, -0.25) is 14.5 Å². The standard InChI is InChI=1S/C18H21N3O5/c1-10(11-3-4-11)19-15(22)8-21-16(23)18(2,20-17(21)24)12-5-6-13-14(7-12)26-9-25-13/h5-7,10-11H,3-4,8-9H2,1-2H3,(H,19,22)(H,20,24)/t10-,18+/m1/s1. The topological polar surface area (TPSA) is 97.0 Å². The Hall–Kier alpha value is -2.77. The van der Waals surface area contributed by atoms with Crippen LogP contribution in [0.25, 0.3) is 0 Å². The zero-order chi connectivity index (χ0) is 18.5. The fraction of sp³-hybridized carbons (Fsp3) is 0.500. The van der Waals surface area contributed by atoms with Crippen LogP contribution in [-0.4, -0.2) is 42.1 Å². The lowest BCUT2D eigenvalue weighted by molar-refractivity contribution is -0.135. The predicted octanol–water partition coefficient (Wildman–Crippen LogP) is 1.10. The van der Waals surface area contributed by atoms with Crippen LogP contribution in [-0.2, 0) is 15.1 Å². The normalized spacial score (nSPS) is 25.2. The maximum absolute atomic E-state index is 12.9. The summed E-state index contributed by atoms with van der Waals surface area (Å²) >= 11 is 0. The van der Waals surface area contributed by atoms with Crippen LogP contribution in [0.15, 0.2) is 18.2 Å². The number of benzene rings is 1. The maximum Gasteiger partial charge on any atom is 0.325 e. The predicted molar refractivity (Wildman–Crippen MR) is 90.5 cm³/mol. The molecular formula is C18H21N3O5. The summed E-state index contributed by atoms with van der Waals surface area (Å²) in [6, 6.07) is 4.58. The van der Waals surface area contributed by atoms with Crippen molar-refractivity contribution < 1.29 is 23.9 Å². The Balaban J connectivity index is 1.50. The number of fused-ring (bicyclic) bond motifs is 1. The molecule has 8 heteroatoms. The molecule has 0 unspecified atom stereocenters. The van der Waals surface area contributed by atoms with E-state index in [9.17, 15) is 14.4 Å². The SMILES string of the molecule is C[C@@H](NC(=O)CN1C(=O)N[C@@](C)(c2ccc3c(c2)OCO3)C1=O)C1CC1. The number of imide groups is 1. The zero-order valence-electron chi connectivity index (χ0n) is 14.7. The van der Waals surface area contributed by atoms with E-state index in [2.05, 4.69) is 10.6 Å². The van der Waals surface area contributed by atoms with Crippen molar-refractivity contribution in [3.63, 3.8) is 0 Å². The minimum Gasteiger partial charge on any atom is -0.454 e. The third-order valence-electron chi connectivity index (χ3n) is 5.24. The number of nitrogens with one attached hydrogen (secondary N) is 2. The van der Waals surface area contributed by atoms with Gasteiger partial charge in [0.1, 0.15) is 12.1 Å². The lowest BCUT2D eigenvalue weighted by Crippen LogP contribution is -2.45. The Morgan fingerprint density at radius 3 is 2.81 bits per heavy atom. The molecule has 0 aromatic heterocycles. The summed E-state index contributed by atoms with van der Waals surface area (Å²) in [4.78, 5) is 38.4. The Kier molecular flexibility index (Phi) is 3.78. The van der Waals surface area contributed by atoms with Crippen molar-refractivity contribution in [2.45, 2.75) is 38.3 Å². The summed E-state index contributed by atoms with van der Waals surface area (Å²) in [6.45, 7) is 3.40. The van der Waals surface area contributed by atoms with Crippen LogP contribution in [0.2, 0.25) is 0 Å². The molecule has 4 amide bonds. The van der Waals surface area contributed by atoms with Gasteiger partial charge in [0.15, 0.2) is 11.5 Å². The number of hydrogen-bond acceptors (Lipinski definition) is 5. The first kappa shape index (κ1) is 16.7. The molecule has 1 aromatic rings. The molecule has 0 radical (unpaired) electrons. The molecule has 0 bridgehead atoms. The highest BCUT2D eigenvalue weighted by Gasteiger charge is 2.50. The van der Waals surface area contributed by atoms with Crippen molar-refractivity contribution in [1.82, 2.24) is 15.5 Å². The Bertz CT molecular complexity index is 791. The zero-order valence-corrected chi connectivity index (χ0v) is 14.7. The highest BCUT2D eigenvalue weighted by atomic mass is 16.7. The number of carbonyl (C=O) groups excluding carboxylic acids is 3. The van der Waals surface area contributed by atoms with Gasteiger partial charge in [0.2, 0.25) is 12.7 Å². The van der Waals surface area contributed by atoms with E-state index in [0.29, 0.717) is 23.0 Å². The number of carbonyl (C=O) groups is 3. The maximum atomic E-state index is 12.9. The fourth-order valence-corrected chi connectivity index (χ4v) is 3.40. The summed E-state index contributed by atoms with van der Waals surface area (Å²) in [6.07, 6.45) is 2.21. The molecule has 0 spiro atoms. The third kappa shape index (κ3) is 2.75. The highest BCUT2D eigenvalue weighted by Crippen LogP contribution is 2.38. The van der Waals surface area contributed by atoms with Crippen LogP contribution in [0, 0.1) is 5.92 Å². The van der Waals surface area contributed by atoms with Crippen LogP contribution in [0.5, 0.6) is 11.5 Å². The van der Waals surface area contributed by atoms with Gasteiger partial charge in [0.05, 0.1) is 0 Å². The quantitative estimate of drug-likeness (QED) is 0.768. The number of rotatable bonds is 5. The number of hydrogen-bond donors (Lipinski definition) is 2. The summed E-state index contributed by atoms with van der Waals surface area (Å²) in [5, 5.41) is 5.55. The molecule has 1 saturated carbocycles. The molecule has 138 valence electrons. The van der Waals surface area contributed by atoms with Gasteiger partial charge in [0.25, 0.3) is 5.91 Å². The van der Waals surface area contributed by atoms with Crippen molar-refractivity contribution in [3.8, 4) is 11.5 Å². The molecule has 2 aliphatic heterocycles. The minimum atomic E-state index is -1.25. The van der Waals surface area contributed by atoms with E-state index < -0.39 is 17.5 Å². The van der Waals surface area contributed by atoms with Gasteiger partial charge in [-0.1, -0.05) is 6.07 Å². The molecule has 2 fully saturated rings. The Labute approximate surface area is 150 Å². The molecule has 8 nitrogen and oxygen atoms in total. The second kappa shape index (κ2) is 5.89. The molecular weight excluding hydrogens is 338 g/mol. The number of nitrogens with zero attached hydrogens (tertiary/aromatic N) is 1. The van der Waals surface area contributed by atoms with E-state index in [-0.39, 0.29) is 25.3 Å². The molecule has 2 heterocycles. The molecule has 26 heavy (non-hydrogen) atoms. The smallest absolute Gasteiger partial charge is 0.325 e. The van der Waals surface area contributed by atoms with E-state index in [0.717, 1.165) is 17.7 Å². The van der Waals surface area contributed by atoms with Gasteiger partial charge < -0.3 is 20.1 Å². The van der Waals surface area contributed by atoms with Crippen molar-refractivity contribution in [2.24, 2.45) is 5.92 Å². The van der Waals surface area contributed by atoms with Crippen molar-refractivity contribution in [2.75, 3.05) is 13.3 Å². The van der Waals surface area contributed by atoms with Crippen LogP contribution >= 0.6 is 0 Å².